The van der Waals surface area contributed by atoms with E-state index in [1.54, 1.807) is 4.90 Å². The number of aromatic nitrogens is 2. The van der Waals surface area contributed by atoms with E-state index < -0.39 is 0 Å². The molecule has 0 radical (unpaired) electrons. The Balaban J connectivity index is 1.51. The van der Waals surface area contributed by atoms with Crippen molar-refractivity contribution in [3.8, 4) is 0 Å². The van der Waals surface area contributed by atoms with Crippen LogP contribution in [0.3, 0.4) is 0 Å². The van der Waals surface area contributed by atoms with E-state index in [0.717, 1.165) is 36.3 Å². The molecule has 3 aromatic rings. The highest BCUT2D eigenvalue weighted by Gasteiger charge is 2.42. The molecular weight excluding hydrogens is 400 g/mol. The van der Waals surface area contributed by atoms with Gasteiger partial charge >= 0.3 is 6.09 Å². The SMILES string of the molecule is COC(=O)N1c2ccc3c(nc(Cc4ccccc4)n3C3CC4CCC3N4)c2CC[C@@H]1C. The number of aryl methyl sites for hydroxylation is 1. The molecule has 2 aromatic carbocycles. The van der Waals surface area contributed by atoms with Crippen LogP contribution in [0.2, 0.25) is 0 Å². The zero-order chi connectivity index (χ0) is 21.8. The molecule has 2 fully saturated rings. The van der Waals surface area contributed by atoms with Gasteiger partial charge in [-0.2, -0.15) is 0 Å². The van der Waals surface area contributed by atoms with Gasteiger partial charge in [-0.15, -0.1) is 0 Å². The number of carbonyl (C=O) groups is 1. The Morgan fingerprint density at radius 2 is 2.00 bits per heavy atom. The molecule has 166 valence electrons. The summed E-state index contributed by atoms with van der Waals surface area (Å²) in [6.45, 7) is 2.09. The summed E-state index contributed by atoms with van der Waals surface area (Å²) in [5.74, 6) is 1.13. The van der Waals surface area contributed by atoms with Crippen LogP contribution in [-0.2, 0) is 17.6 Å². The van der Waals surface area contributed by atoms with Gasteiger partial charge in [0, 0.05) is 30.1 Å². The highest BCUT2D eigenvalue weighted by Crippen LogP contribution is 2.42. The van der Waals surface area contributed by atoms with E-state index >= 15 is 0 Å². The second-order valence-electron chi connectivity index (χ2n) is 9.57. The fourth-order valence-corrected chi connectivity index (χ4v) is 6.18. The largest absolute Gasteiger partial charge is 0.452 e. The van der Waals surface area contributed by atoms with Gasteiger partial charge in [-0.3, -0.25) is 4.90 Å². The number of anilines is 1. The minimum absolute atomic E-state index is 0.119. The molecule has 6 heteroatoms. The first-order valence-electron chi connectivity index (χ1n) is 11.8. The molecule has 6 nitrogen and oxygen atoms in total. The first-order chi connectivity index (χ1) is 15.6. The predicted octanol–water partition coefficient (Wildman–Crippen LogP) is 4.60. The average molecular weight is 431 g/mol. The lowest BCUT2D eigenvalue weighted by atomic mass is 9.94. The molecule has 3 aliphatic rings. The number of amides is 1. The van der Waals surface area contributed by atoms with Crippen LogP contribution < -0.4 is 10.2 Å². The summed E-state index contributed by atoms with van der Waals surface area (Å²) in [6.07, 6.45) is 6.05. The van der Waals surface area contributed by atoms with Gasteiger partial charge in [-0.25, -0.2) is 9.78 Å². The third kappa shape index (κ3) is 3.04. The smallest absolute Gasteiger partial charge is 0.414 e. The molecule has 2 bridgehead atoms. The Labute approximate surface area is 188 Å². The summed E-state index contributed by atoms with van der Waals surface area (Å²) in [5, 5.41) is 3.80. The van der Waals surface area contributed by atoms with Gasteiger partial charge in [0.05, 0.1) is 29.9 Å². The molecule has 0 aliphatic carbocycles. The first-order valence-corrected chi connectivity index (χ1v) is 11.8. The quantitative estimate of drug-likeness (QED) is 0.660. The van der Waals surface area contributed by atoms with E-state index in [-0.39, 0.29) is 12.1 Å². The number of nitrogens with one attached hydrogen (secondary N) is 1. The molecule has 4 heterocycles. The Morgan fingerprint density at radius 3 is 2.72 bits per heavy atom. The number of nitrogens with zero attached hydrogens (tertiary/aromatic N) is 3. The molecule has 3 aliphatic heterocycles. The van der Waals surface area contributed by atoms with Crippen molar-refractivity contribution in [3.63, 3.8) is 0 Å². The van der Waals surface area contributed by atoms with Crippen LogP contribution in [0.4, 0.5) is 10.5 Å². The molecule has 32 heavy (non-hydrogen) atoms. The average Bonchev–Trinajstić information content (AvgIpc) is 3.53. The lowest BCUT2D eigenvalue weighted by Crippen LogP contribution is -2.42. The zero-order valence-electron chi connectivity index (χ0n) is 18.8. The van der Waals surface area contributed by atoms with Crippen LogP contribution in [0.15, 0.2) is 42.5 Å². The van der Waals surface area contributed by atoms with Crippen molar-refractivity contribution in [3.05, 3.63) is 59.4 Å². The summed E-state index contributed by atoms with van der Waals surface area (Å²) in [5.41, 5.74) is 5.66. The molecule has 1 aromatic heterocycles. The number of imidazole rings is 1. The topological polar surface area (TPSA) is 59.4 Å². The molecule has 2 saturated heterocycles. The van der Waals surface area contributed by atoms with Crippen LogP contribution in [0, 0.1) is 0 Å². The number of hydrogen-bond donors (Lipinski definition) is 1. The fraction of sp³-hybridized carbons (Fsp3) is 0.462. The standard InChI is InChI=1S/C26H30N4O2/c1-16-8-10-19-21(29(16)26(31)32-2)12-13-22-25(19)28-24(14-17-6-4-3-5-7-17)30(22)23-15-18-9-11-20(23)27-18/h3-7,12-13,16,18,20,23,27H,8-11,14-15H2,1-2H3/t16-,18?,20?,23?/m0/s1. The van der Waals surface area contributed by atoms with Crippen LogP contribution in [0.25, 0.3) is 11.0 Å². The number of hydrogen-bond acceptors (Lipinski definition) is 4. The normalized spacial score (nSPS) is 26.5. The number of ether oxygens (including phenoxy) is 1. The summed E-state index contributed by atoms with van der Waals surface area (Å²) in [7, 11) is 1.46. The monoisotopic (exact) mass is 430 g/mol. The highest BCUT2D eigenvalue weighted by atomic mass is 16.5. The maximum absolute atomic E-state index is 12.6. The third-order valence-electron chi connectivity index (χ3n) is 7.70. The van der Waals surface area contributed by atoms with Crippen molar-refractivity contribution in [2.45, 2.75) is 69.6 Å². The van der Waals surface area contributed by atoms with Gasteiger partial charge in [-0.05, 0) is 56.7 Å². The Hall–Kier alpha value is -2.86. The number of methoxy groups -OCH3 is 1. The third-order valence-corrected chi connectivity index (χ3v) is 7.70. The Bertz CT molecular complexity index is 1170. The van der Waals surface area contributed by atoms with E-state index in [2.05, 4.69) is 59.3 Å². The second kappa shape index (κ2) is 7.62. The molecule has 0 saturated carbocycles. The lowest BCUT2D eigenvalue weighted by Gasteiger charge is -2.34. The van der Waals surface area contributed by atoms with Crippen molar-refractivity contribution in [1.82, 2.24) is 14.9 Å². The van der Waals surface area contributed by atoms with E-state index in [1.807, 2.05) is 0 Å². The van der Waals surface area contributed by atoms with E-state index in [4.69, 9.17) is 9.72 Å². The van der Waals surface area contributed by atoms with Crippen LogP contribution in [-0.4, -0.2) is 40.9 Å². The fourth-order valence-electron chi connectivity index (χ4n) is 6.18. The summed E-state index contributed by atoms with van der Waals surface area (Å²) < 4.78 is 7.62. The van der Waals surface area contributed by atoms with Gasteiger partial charge in [0.2, 0.25) is 0 Å². The van der Waals surface area contributed by atoms with Gasteiger partial charge in [0.15, 0.2) is 0 Å². The maximum Gasteiger partial charge on any atom is 0.414 e. The predicted molar refractivity (Wildman–Crippen MR) is 125 cm³/mol. The van der Waals surface area contributed by atoms with Crippen molar-refractivity contribution in [1.29, 1.82) is 0 Å². The molecular formula is C26H30N4O2. The number of carbonyl (C=O) groups excluding carboxylic acids is 1. The van der Waals surface area contributed by atoms with Crippen molar-refractivity contribution in [2.75, 3.05) is 12.0 Å². The van der Waals surface area contributed by atoms with Crippen LogP contribution >= 0.6 is 0 Å². The van der Waals surface area contributed by atoms with Gasteiger partial charge in [0.25, 0.3) is 0 Å². The van der Waals surface area contributed by atoms with Crippen LogP contribution in [0.5, 0.6) is 0 Å². The van der Waals surface area contributed by atoms with Crippen molar-refractivity contribution in [2.24, 2.45) is 0 Å². The van der Waals surface area contributed by atoms with E-state index in [9.17, 15) is 4.79 Å². The molecule has 1 N–H and O–H groups in total. The van der Waals surface area contributed by atoms with Crippen molar-refractivity contribution >= 4 is 22.8 Å². The number of rotatable bonds is 3. The summed E-state index contributed by atoms with van der Waals surface area (Å²) in [4.78, 5) is 19.6. The second-order valence-corrected chi connectivity index (χ2v) is 9.57. The molecule has 4 atom stereocenters. The Kier molecular flexibility index (Phi) is 4.72. The number of fused-ring (bicyclic) bond motifs is 5. The summed E-state index contributed by atoms with van der Waals surface area (Å²) in [6, 6.07) is 16.6. The number of benzene rings is 2. The minimum Gasteiger partial charge on any atom is -0.452 e. The Morgan fingerprint density at radius 1 is 1.16 bits per heavy atom. The first kappa shape index (κ1) is 19.8. The van der Waals surface area contributed by atoms with E-state index in [0.29, 0.717) is 18.1 Å². The molecule has 1 amide bonds. The highest BCUT2D eigenvalue weighted by molar-refractivity contribution is 5.95. The zero-order valence-corrected chi connectivity index (χ0v) is 18.8. The van der Waals surface area contributed by atoms with Gasteiger partial charge in [-0.1, -0.05) is 30.3 Å². The molecule has 3 unspecified atom stereocenters. The summed E-state index contributed by atoms with van der Waals surface area (Å²) >= 11 is 0. The van der Waals surface area contributed by atoms with Gasteiger partial charge < -0.3 is 14.6 Å². The molecule has 0 spiro atoms. The molecule has 6 rings (SSSR count). The van der Waals surface area contributed by atoms with Gasteiger partial charge in [0.1, 0.15) is 5.82 Å². The lowest BCUT2D eigenvalue weighted by molar-refractivity contribution is 0.175. The van der Waals surface area contributed by atoms with E-state index in [1.165, 1.54) is 43.0 Å². The van der Waals surface area contributed by atoms with Crippen molar-refractivity contribution < 1.29 is 9.53 Å². The van der Waals surface area contributed by atoms with Crippen LogP contribution in [0.1, 0.15) is 55.6 Å². The minimum atomic E-state index is -0.293. The maximum atomic E-state index is 12.6.